The minimum Gasteiger partial charge on any atom is -0.497 e. The molecule has 0 saturated heterocycles. The van der Waals surface area contributed by atoms with Gasteiger partial charge in [-0.1, -0.05) is 0 Å². The Bertz CT molecular complexity index is 1050. The Morgan fingerprint density at radius 1 is 0.969 bits per heavy atom. The molecule has 3 N–H and O–H groups in total. The Morgan fingerprint density at radius 3 is 2.19 bits per heavy atom. The molecule has 172 valence electrons. The van der Waals surface area contributed by atoms with Gasteiger partial charge in [0.1, 0.15) is 11.4 Å². The maximum atomic E-state index is 11.8. The van der Waals surface area contributed by atoms with Crippen molar-refractivity contribution in [1.29, 1.82) is 0 Å². The highest BCUT2D eigenvalue weighted by molar-refractivity contribution is 5.97. The van der Waals surface area contributed by atoms with Gasteiger partial charge in [-0.2, -0.15) is 0 Å². The molecule has 0 radical (unpaired) electrons. The Hall–Kier alpha value is -3.39. The summed E-state index contributed by atoms with van der Waals surface area (Å²) in [6.45, 7) is 8.12. The van der Waals surface area contributed by atoms with E-state index in [9.17, 15) is 9.90 Å². The largest absolute Gasteiger partial charge is 0.497 e. The molecule has 1 heterocycles. The van der Waals surface area contributed by atoms with Crippen LogP contribution in [0.1, 0.15) is 42.4 Å². The number of hydrogen-bond donors (Lipinski definition) is 3. The molecule has 0 saturated carbocycles. The van der Waals surface area contributed by atoms with E-state index in [0.717, 1.165) is 16.5 Å². The molecule has 0 amide bonds. The third-order valence-corrected chi connectivity index (χ3v) is 4.93. The Kier molecular flexibility index (Phi) is 7.83. The zero-order valence-electron chi connectivity index (χ0n) is 18.9. The van der Waals surface area contributed by atoms with Crippen LogP contribution in [0.25, 0.3) is 10.9 Å². The number of aromatic nitrogens is 1. The number of rotatable bonds is 12. The van der Waals surface area contributed by atoms with Crippen LogP contribution in [0.2, 0.25) is 0 Å². The van der Waals surface area contributed by atoms with Crippen molar-refractivity contribution in [3.05, 3.63) is 47.2 Å². The fourth-order valence-electron chi connectivity index (χ4n) is 3.60. The van der Waals surface area contributed by atoms with E-state index in [1.807, 2.05) is 45.0 Å². The van der Waals surface area contributed by atoms with E-state index in [2.05, 4.69) is 10.3 Å². The van der Waals surface area contributed by atoms with Crippen LogP contribution in [0, 0.1) is 0 Å². The highest BCUT2D eigenvalue weighted by atomic mass is 16.5. The van der Waals surface area contributed by atoms with Gasteiger partial charge in [-0.15, -0.1) is 0 Å². The van der Waals surface area contributed by atoms with E-state index in [1.54, 1.807) is 13.2 Å². The Morgan fingerprint density at radius 2 is 1.62 bits per heavy atom. The van der Waals surface area contributed by atoms with Crippen molar-refractivity contribution in [3.8, 4) is 23.0 Å². The summed E-state index contributed by atoms with van der Waals surface area (Å²) in [5.41, 5.74) is 2.52. The SMILES string of the molecule is CCOc1cc(CNCc2c(C(=O)O)[nH]c3cc(OC)ccc23)cc(OCC)c1OCC. The smallest absolute Gasteiger partial charge is 0.352 e. The lowest BCUT2D eigenvalue weighted by Crippen LogP contribution is -2.15. The molecule has 8 heteroatoms. The minimum atomic E-state index is -1.00. The van der Waals surface area contributed by atoms with Crippen LogP contribution in [0.4, 0.5) is 0 Å². The van der Waals surface area contributed by atoms with E-state index in [1.165, 1.54) is 0 Å². The zero-order chi connectivity index (χ0) is 23.1. The molecule has 0 aliphatic carbocycles. The molecule has 1 aromatic heterocycles. The third kappa shape index (κ3) is 5.08. The van der Waals surface area contributed by atoms with Crippen molar-refractivity contribution in [2.24, 2.45) is 0 Å². The summed E-state index contributed by atoms with van der Waals surface area (Å²) in [7, 11) is 1.58. The Labute approximate surface area is 187 Å². The summed E-state index contributed by atoms with van der Waals surface area (Å²) in [6, 6.07) is 9.32. The molecule has 0 aliphatic rings. The second kappa shape index (κ2) is 10.8. The van der Waals surface area contributed by atoms with E-state index in [4.69, 9.17) is 18.9 Å². The number of fused-ring (bicyclic) bond motifs is 1. The number of methoxy groups -OCH3 is 1. The number of aromatic amines is 1. The van der Waals surface area contributed by atoms with Gasteiger partial charge in [-0.05, 0) is 50.6 Å². The van der Waals surface area contributed by atoms with Crippen molar-refractivity contribution in [1.82, 2.24) is 10.3 Å². The van der Waals surface area contributed by atoms with Crippen LogP contribution < -0.4 is 24.3 Å². The maximum Gasteiger partial charge on any atom is 0.352 e. The topological polar surface area (TPSA) is 102 Å². The van der Waals surface area contributed by atoms with E-state index in [0.29, 0.717) is 61.5 Å². The van der Waals surface area contributed by atoms with E-state index < -0.39 is 5.97 Å². The van der Waals surface area contributed by atoms with Crippen LogP contribution in [0.3, 0.4) is 0 Å². The summed E-state index contributed by atoms with van der Waals surface area (Å²) in [5.74, 6) is 1.51. The first kappa shape index (κ1) is 23.3. The van der Waals surface area contributed by atoms with Crippen LogP contribution in [0.5, 0.6) is 23.0 Å². The number of carboxylic acids is 1. The zero-order valence-corrected chi connectivity index (χ0v) is 18.9. The lowest BCUT2D eigenvalue weighted by Gasteiger charge is -2.17. The number of carbonyl (C=O) groups is 1. The highest BCUT2D eigenvalue weighted by Gasteiger charge is 2.18. The molecule has 0 unspecified atom stereocenters. The van der Waals surface area contributed by atoms with Crippen LogP contribution in [0.15, 0.2) is 30.3 Å². The molecule has 3 rings (SSSR count). The van der Waals surface area contributed by atoms with Gasteiger partial charge >= 0.3 is 5.97 Å². The number of carboxylic acid groups (broad SMARTS) is 1. The predicted octanol–water partition coefficient (Wildman–Crippen LogP) is 4.36. The summed E-state index contributed by atoms with van der Waals surface area (Å²) >= 11 is 0. The standard InChI is InChI=1S/C24H30N2O6/c1-5-30-20-10-15(11-21(31-6-2)23(20)32-7-3)13-25-14-18-17-9-8-16(29-4)12-19(17)26-22(18)24(27)28/h8-12,25-26H,5-7,13-14H2,1-4H3,(H,27,28). The Balaban J connectivity index is 1.85. The van der Waals surface area contributed by atoms with Gasteiger partial charge in [0.05, 0.1) is 32.4 Å². The van der Waals surface area contributed by atoms with Crippen molar-refractivity contribution in [3.63, 3.8) is 0 Å². The number of aromatic carboxylic acids is 1. The second-order valence-corrected chi connectivity index (χ2v) is 7.02. The first-order valence-electron chi connectivity index (χ1n) is 10.7. The second-order valence-electron chi connectivity index (χ2n) is 7.02. The van der Waals surface area contributed by atoms with Gasteiger partial charge in [0, 0.05) is 30.1 Å². The number of nitrogens with one attached hydrogen (secondary N) is 2. The number of ether oxygens (including phenoxy) is 4. The minimum absolute atomic E-state index is 0.164. The quantitative estimate of drug-likeness (QED) is 0.383. The highest BCUT2D eigenvalue weighted by Crippen LogP contribution is 2.39. The predicted molar refractivity (Wildman–Crippen MR) is 122 cm³/mol. The van der Waals surface area contributed by atoms with E-state index in [-0.39, 0.29) is 5.69 Å². The van der Waals surface area contributed by atoms with Crippen LogP contribution in [-0.4, -0.2) is 43.0 Å². The van der Waals surface area contributed by atoms with Crippen LogP contribution >= 0.6 is 0 Å². The van der Waals surface area contributed by atoms with Crippen LogP contribution in [-0.2, 0) is 13.1 Å². The van der Waals surface area contributed by atoms with Gasteiger partial charge in [0.15, 0.2) is 11.5 Å². The molecule has 2 aromatic carbocycles. The fraction of sp³-hybridized carbons (Fsp3) is 0.375. The molecular formula is C24H30N2O6. The fourth-order valence-corrected chi connectivity index (χ4v) is 3.60. The first-order valence-corrected chi connectivity index (χ1v) is 10.7. The first-order chi connectivity index (χ1) is 15.5. The maximum absolute atomic E-state index is 11.8. The average Bonchev–Trinajstić information content (AvgIpc) is 3.14. The molecule has 0 aliphatic heterocycles. The number of hydrogen-bond acceptors (Lipinski definition) is 6. The summed E-state index contributed by atoms with van der Waals surface area (Å²) in [4.78, 5) is 14.8. The van der Waals surface area contributed by atoms with Gasteiger partial charge in [-0.25, -0.2) is 4.79 Å². The van der Waals surface area contributed by atoms with Crippen molar-refractivity contribution < 1.29 is 28.8 Å². The van der Waals surface area contributed by atoms with E-state index >= 15 is 0 Å². The van der Waals surface area contributed by atoms with Gasteiger partial charge in [-0.3, -0.25) is 0 Å². The van der Waals surface area contributed by atoms with Gasteiger partial charge in [0.25, 0.3) is 0 Å². The number of benzene rings is 2. The molecular weight excluding hydrogens is 412 g/mol. The molecule has 0 fully saturated rings. The average molecular weight is 443 g/mol. The summed E-state index contributed by atoms with van der Waals surface area (Å²) in [6.07, 6.45) is 0. The third-order valence-electron chi connectivity index (χ3n) is 4.93. The monoisotopic (exact) mass is 442 g/mol. The number of H-pyrrole nitrogens is 1. The molecule has 0 atom stereocenters. The summed E-state index contributed by atoms with van der Waals surface area (Å²) in [5, 5.41) is 13.8. The molecule has 3 aromatic rings. The van der Waals surface area contributed by atoms with Gasteiger partial charge < -0.3 is 34.4 Å². The van der Waals surface area contributed by atoms with Crippen molar-refractivity contribution in [2.45, 2.75) is 33.9 Å². The normalized spacial score (nSPS) is 10.9. The molecule has 0 bridgehead atoms. The lowest BCUT2D eigenvalue weighted by molar-refractivity contribution is 0.0690. The van der Waals surface area contributed by atoms with Gasteiger partial charge in [0.2, 0.25) is 5.75 Å². The summed E-state index contributed by atoms with van der Waals surface area (Å²) < 4.78 is 22.5. The molecule has 32 heavy (non-hydrogen) atoms. The lowest BCUT2D eigenvalue weighted by atomic mass is 10.1. The van der Waals surface area contributed by atoms with Crippen molar-refractivity contribution in [2.75, 3.05) is 26.9 Å². The molecule has 8 nitrogen and oxygen atoms in total. The van der Waals surface area contributed by atoms with Crippen molar-refractivity contribution >= 4 is 16.9 Å². The molecule has 0 spiro atoms.